The van der Waals surface area contributed by atoms with E-state index in [0.29, 0.717) is 11.4 Å². The minimum atomic E-state index is -1.53. The SMILES string of the molecule is O=[N+]([O-])c1ccc(-n2cc(CO[C@H]3O[C@H](CO)[C@@H](O)[C@H](O)[C@@H]3O)nn2)cc1. The van der Waals surface area contributed by atoms with Crippen molar-refractivity contribution in [3.63, 3.8) is 0 Å². The van der Waals surface area contributed by atoms with Crippen molar-refractivity contribution in [2.75, 3.05) is 6.61 Å². The average Bonchev–Trinajstić information content (AvgIpc) is 3.15. The van der Waals surface area contributed by atoms with Gasteiger partial charge < -0.3 is 29.9 Å². The van der Waals surface area contributed by atoms with Crippen LogP contribution in [0, 0.1) is 10.1 Å². The van der Waals surface area contributed by atoms with Crippen molar-refractivity contribution in [1.82, 2.24) is 15.0 Å². The van der Waals surface area contributed by atoms with Crippen LogP contribution in [-0.4, -0.2) is 77.7 Å². The number of nitro benzene ring substituents is 1. The van der Waals surface area contributed by atoms with E-state index in [-0.39, 0.29) is 12.3 Å². The maximum Gasteiger partial charge on any atom is 0.269 e. The number of hydrogen-bond donors (Lipinski definition) is 4. The smallest absolute Gasteiger partial charge is 0.269 e. The topological polar surface area (TPSA) is 173 Å². The fraction of sp³-hybridized carbons (Fsp3) is 0.467. The summed E-state index contributed by atoms with van der Waals surface area (Å²) in [6, 6.07) is 5.69. The molecule has 1 saturated heterocycles. The van der Waals surface area contributed by atoms with Gasteiger partial charge in [0.2, 0.25) is 0 Å². The molecule has 146 valence electrons. The van der Waals surface area contributed by atoms with Crippen LogP contribution in [0.15, 0.2) is 30.5 Å². The number of non-ortho nitro benzene ring substituents is 1. The van der Waals surface area contributed by atoms with Crippen LogP contribution in [0.3, 0.4) is 0 Å². The molecule has 0 aliphatic carbocycles. The predicted molar refractivity (Wildman–Crippen MR) is 86.6 cm³/mol. The molecule has 2 heterocycles. The molecule has 12 nitrogen and oxygen atoms in total. The number of nitrogens with zero attached hydrogens (tertiary/aromatic N) is 4. The number of aliphatic hydroxyl groups is 4. The van der Waals surface area contributed by atoms with Crippen molar-refractivity contribution in [2.45, 2.75) is 37.3 Å². The summed E-state index contributed by atoms with van der Waals surface area (Å²) in [5, 5.41) is 57.0. The van der Waals surface area contributed by atoms with E-state index in [4.69, 9.17) is 14.6 Å². The minimum absolute atomic E-state index is 0.0509. The number of benzene rings is 1. The molecule has 0 unspecified atom stereocenters. The predicted octanol–water partition coefficient (Wildman–Crippen LogP) is -1.51. The van der Waals surface area contributed by atoms with Crippen LogP contribution in [-0.2, 0) is 16.1 Å². The van der Waals surface area contributed by atoms with E-state index in [1.54, 1.807) is 0 Å². The van der Waals surface area contributed by atoms with Gasteiger partial charge in [0.15, 0.2) is 6.29 Å². The zero-order valence-electron chi connectivity index (χ0n) is 13.9. The van der Waals surface area contributed by atoms with Crippen molar-refractivity contribution < 1.29 is 34.8 Å². The number of hydrogen-bond acceptors (Lipinski definition) is 10. The van der Waals surface area contributed by atoms with Crippen molar-refractivity contribution in [3.8, 4) is 5.69 Å². The molecule has 1 aromatic heterocycles. The van der Waals surface area contributed by atoms with Gasteiger partial charge in [-0.1, -0.05) is 5.21 Å². The normalized spacial score (nSPS) is 28.2. The number of ether oxygens (including phenoxy) is 2. The van der Waals surface area contributed by atoms with E-state index in [1.165, 1.54) is 35.1 Å². The Morgan fingerprint density at radius 3 is 2.52 bits per heavy atom. The molecule has 3 rings (SSSR count). The third-order valence-corrected chi connectivity index (χ3v) is 4.11. The quantitative estimate of drug-likeness (QED) is 0.340. The zero-order chi connectivity index (χ0) is 19.6. The molecular weight excluding hydrogens is 364 g/mol. The summed E-state index contributed by atoms with van der Waals surface area (Å²) in [7, 11) is 0. The van der Waals surface area contributed by atoms with Crippen LogP contribution >= 0.6 is 0 Å². The second-order valence-corrected chi connectivity index (χ2v) is 5.94. The molecule has 1 fully saturated rings. The number of rotatable bonds is 6. The van der Waals surface area contributed by atoms with Crippen molar-refractivity contribution in [2.24, 2.45) is 0 Å². The lowest BCUT2D eigenvalue weighted by atomic mass is 9.99. The third kappa shape index (κ3) is 4.10. The van der Waals surface area contributed by atoms with Gasteiger partial charge in [-0.2, -0.15) is 0 Å². The molecule has 1 aliphatic heterocycles. The molecule has 12 heteroatoms. The molecule has 0 saturated carbocycles. The number of aromatic nitrogens is 3. The van der Waals surface area contributed by atoms with Gasteiger partial charge >= 0.3 is 0 Å². The highest BCUT2D eigenvalue weighted by Gasteiger charge is 2.44. The molecule has 27 heavy (non-hydrogen) atoms. The lowest BCUT2D eigenvalue weighted by Crippen LogP contribution is -2.59. The van der Waals surface area contributed by atoms with Crippen molar-refractivity contribution >= 4 is 5.69 Å². The summed E-state index contributed by atoms with van der Waals surface area (Å²) in [4.78, 5) is 10.2. The molecule has 0 radical (unpaired) electrons. The van der Waals surface area contributed by atoms with E-state index in [1.807, 2.05) is 0 Å². The van der Waals surface area contributed by atoms with Crippen LogP contribution in [0.1, 0.15) is 5.69 Å². The van der Waals surface area contributed by atoms with Gasteiger partial charge in [0.05, 0.1) is 30.0 Å². The first-order valence-corrected chi connectivity index (χ1v) is 7.99. The second kappa shape index (κ2) is 8.04. The molecular formula is C15H18N4O8. The Kier molecular flexibility index (Phi) is 5.74. The van der Waals surface area contributed by atoms with Crippen LogP contribution in [0.2, 0.25) is 0 Å². The van der Waals surface area contributed by atoms with Crippen molar-refractivity contribution in [1.29, 1.82) is 0 Å². The maximum atomic E-state index is 10.7. The summed E-state index contributed by atoms with van der Waals surface area (Å²) in [5.74, 6) is 0. The Morgan fingerprint density at radius 1 is 1.19 bits per heavy atom. The average molecular weight is 382 g/mol. The van der Waals surface area contributed by atoms with Crippen LogP contribution < -0.4 is 0 Å². The van der Waals surface area contributed by atoms with Gasteiger partial charge in [0.25, 0.3) is 5.69 Å². The monoisotopic (exact) mass is 382 g/mol. The summed E-state index contributed by atoms with van der Waals surface area (Å²) < 4.78 is 12.0. The van der Waals surface area contributed by atoms with Gasteiger partial charge in [0, 0.05) is 12.1 Å². The van der Waals surface area contributed by atoms with E-state index in [9.17, 15) is 25.4 Å². The molecule has 1 aromatic carbocycles. The lowest BCUT2D eigenvalue weighted by molar-refractivity contribution is -0.384. The number of nitro groups is 1. The van der Waals surface area contributed by atoms with Gasteiger partial charge in [-0.3, -0.25) is 10.1 Å². The van der Waals surface area contributed by atoms with Gasteiger partial charge in [-0.25, -0.2) is 4.68 Å². The fourth-order valence-corrected chi connectivity index (χ4v) is 2.59. The Labute approximate surface area is 152 Å². The Bertz CT molecular complexity index is 780. The fourth-order valence-electron chi connectivity index (χ4n) is 2.59. The first kappa shape index (κ1) is 19.3. The summed E-state index contributed by atoms with van der Waals surface area (Å²) in [6.07, 6.45) is -5.32. The first-order chi connectivity index (χ1) is 12.9. The van der Waals surface area contributed by atoms with Crippen molar-refractivity contribution in [3.05, 3.63) is 46.3 Å². The largest absolute Gasteiger partial charge is 0.394 e. The summed E-state index contributed by atoms with van der Waals surface area (Å²) in [6.45, 7) is -0.684. The molecule has 0 bridgehead atoms. The van der Waals surface area contributed by atoms with Crippen LogP contribution in [0.5, 0.6) is 0 Å². The van der Waals surface area contributed by atoms with E-state index < -0.39 is 42.2 Å². The van der Waals surface area contributed by atoms with Gasteiger partial charge in [-0.05, 0) is 12.1 Å². The Hall–Kier alpha value is -2.48. The van der Waals surface area contributed by atoms with E-state index >= 15 is 0 Å². The Balaban J connectivity index is 1.63. The molecule has 1 aliphatic rings. The minimum Gasteiger partial charge on any atom is -0.394 e. The van der Waals surface area contributed by atoms with Gasteiger partial charge in [-0.15, -0.1) is 5.10 Å². The summed E-state index contributed by atoms with van der Waals surface area (Å²) >= 11 is 0. The first-order valence-electron chi connectivity index (χ1n) is 7.99. The molecule has 0 amide bonds. The highest BCUT2D eigenvalue weighted by Crippen LogP contribution is 2.22. The maximum absolute atomic E-state index is 10.7. The number of aliphatic hydroxyl groups excluding tert-OH is 4. The molecule has 4 N–H and O–H groups in total. The Morgan fingerprint density at radius 2 is 1.89 bits per heavy atom. The molecule has 5 atom stereocenters. The van der Waals surface area contributed by atoms with Crippen LogP contribution in [0.4, 0.5) is 5.69 Å². The lowest BCUT2D eigenvalue weighted by Gasteiger charge is -2.39. The molecule has 0 spiro atoms. The standard InChI is InChI=1S/C15H18N4O8/c20-6-11-12(21)13(22)14(23)15(27-11)26-7-8-5-18(17-16-8)9-1-3-10(4-2-9)19(24)25/h1-5,11-15,20-23H,6-7H2/t11-,12-,13+,14+,15+/m1/s1. The van der Waals surface area contributed by atoms with E-state index in [0.717, 1.165) is 0 Å². The zero-order valence-corrected chi connectivity index (χ0v) is 13.9. The van der Waals surface area contributed by atoms with E-state index in [2.05, 4.69) is 10.3 Å². The highest BCUT2D eigenvalue weighted by molar-refractivity contribution is 5.40. The second-order valence-electron chi connectivity index (χ2n) is 5.94. The molecule has 2 aromatic rings. The summed E-state index contributed by atoms with van der Waals surface area (Å²) in [5.41, 5.74) is 0.863. The third-order valence-electron chi connectivity index (χ3n) is 4.11. The highest BCUT2D eigenvalue weighted by atomic mass is 16.7. The van der Waals surface area contributed by atoms with Gasteiger partial charge in [0.1, 0.15) is 30.1 Å². The van der Waals surface area contributed by atoms with Crippen LogP contribution in [0.25, 0.3) is 5.69 Å².